The summed E-state index contributed by atoms with van der Waals surface area (Å²) in [5, 5.41) is 0. The zero-order chi connectivity index (χ0) is 19.0. The fourth-order valence-corrected chi connectivity index (χ4v) is 3.87. The maximum atomic E-state index is 12.1. The molecule has 0 unspecified atom stereocenters. The first kappa shape index (κ1) is 17.4. The van der Waals surface area contributed by atoms with Crippen LogP contribution in [0.25, 0.3) is 11.1 Å². The van der Waals surface area contributed by atoms with Crippen LogP contribution >= 0.6 is 0 Å². The lowest BCUT2D eigenvalue weighted by Gasteiger charge is -2.21. The van der Waals surface area contributed by atoms with Crippen LogP contribution in [0.3, 0.4) is 0 Å². The van der Waals surface area contributed by atoms with Gasteiger partial charge in [-0.05, 0) is 59.4 Å². The van der Waals surface area contributed by atoms with Crippen LogP contribution in [0.5, 0.6) is 0 Å². The Morgan fingerprint density at radius 2 is 1.93 bits per heavy atom. The second kappa shape index (κ2) is 6.95. The van der Waals surface area contributed by atoms with Gasteiger partial charge in [0.15, 0.2) is 0 Å². The summed E-state index contributed by atoms with van der Waals surface area (Å²) in [7, 11) is 1.78. The van der Waals surface area contributed by atoms with Gasteiger partial charge < -0.3 is 4.57 Å². The number of rotatable bonds is 3. The molecular formula is C23H22N2O2. The van der Waals surface area contributed by atoms with Crippen LogP contribution in [0.4, 0.5) is 0 Å². The number of hydrogen-bond donors (Lipinski definition) is 0. The lowest BCUT2D eigenvalue weighted by Crippen LogP contribution is -2.19. The van der Waals surface area contributed by atoms with E-state index in [0.717, 1.165) is 39.9 Å². The van der Waals surface area contributed by atoms with Crippen LogP contribution in [-0.4, -0.2) is 15.3 Å². The summed E-state index contributed by atoms with van der Waals surface area (Å²) in [4.78, 5) is 28.6. The molecule has 0 saturated heterocycles. The fourth-order valence-electron chi connectivity index (χ4n) is 3.87. The number of benzene rings is 1. The molecule has 4 nitrogen and oxygen atoms in total. The van der Waals surface area contributed by atoms with Gasteiger partial charge in [0.25, 0.3) is 5.56 Å². The second-order valence-corrected chi connectivity index (χ2v) is 7.31. The molecule has 2 heterocycles. The lowest BCUT2D eigenvalue weighted by molar-refractivity contribution is -0.118. The van der Waals surface area contributed by atoms with E-state index in [1.54, 1.807) is 17.8 Å². The van der Waals surface area contributed by atoms with Gasteiger partial charge in [-0.15, -0.1) is 0 Å². The van der Waals surface area contributed by atoms with Crippen LogP contribution in [-0.2, 0) is 31.1 Å². The normalized spacial score (nSPS) is 13.5. The Morgan fingerprint density at radius 3 is 2.67 bits per heavy atom. The molecule has 0 saturated carbocycles. The third kappa shape index (κ3) is 3.47. The van der Waals surface area contributed by atoms with Gasteiger partial charge in [-0.25, -0.2) is 0 Å². The number of carbonyl (C=O) groups excluding carboxylic acids is 1. The number of aryl methyl sites for hydroxylation is 3. The molecule has 0 radical (unpaired) electrons. The van der Waals surface area contributed by atoms with E-state index < -0.39 is 0 Å². The topological polar surface area (TPSA) is 52.0 Å². The van der Waals surface area contributed by atoms with Gasteiger partial charge in [0, 0.05) is 50.0 Å². The number of pyridine rings is 2. The molecule has 27 heavy (non-hydrogen) atoms. The Morgan fingerprint density at radius 1 is 1.07 bits per heavy atom. The van der Waals surface area contributed by atoms with E-state index in [0.29, 0.717) is 25.0 Å². The maximum absolute atomic E-state index is 12.1. The molecule has 2 aromatic heterocycles. The Hall–Kier alpha value is -3.01. The van der Waals surface area contributed by atoms with Crippen LogP contribution in [0.1, 0.15) is 34.4 Å². The summed E-state index contributed by atoms with van der Waals surface area (Å²) >= 11 is 0. The molecule has 1 aliphatic rings. The fraction of sp³-hybridized carbons (Fsp3) is 0.261. The highest BCUT2D eigenvalue weighted by molar-refractivity contribution is 5.84. The molecule has 0 atom stereocenters. The molecule has 0 N–H and O–H groups in total. The number of hydrogen-bond acceptors (Lipinski definition) is 3. The number of nitrogens with zero attached hydrogens (tertiary/aromatic N) is 2. The highest BCUT2D eigenvalue weighted by Gasteiger charge is 2.20. The predicted molar refractivity (Wildman–Crippen MR) is 106 cm³/mol. The predicted octanol–water partition coefficient (Wildman–Crippen LogP) is 3.40. The van der Waals surface area contributed by atoms with Crippen molar-refractivity contribution in [3.05, 3.63) is 87.1 Å². The van der Waals surface area contributed by atoms with Gasteiger partial charge in [0.05, 0.1) is 0 Å². The zero-order valence-electron chi connectivity index (χ0n) is 15.7. The van der Waals surface area contributed by atoms with Crippen molar-refractivity contribution in [1.29, 1.82) is 0 Å². The van der Waals surface area contributed by atoms with Crippen molar-refractivity contribution < 1.29 is 4.79 Å². The third-order valence-electron chi connectivity index (χ3n) is 5.28. The number of fused-ring (bicyclic) bond motifs is 1. The first-order valence-corrected chi connectivity index (χ1v) is 9.25. The molecule has 4 heteroatoms. The van der Waals surface area contributed by atoms with E-state index in [-0.39, 0.29) is 5.56 Å². The number of aromatic nitrogens is 2. The molecule has 0 spiro atoms. The van der Waals surface area contributed by atoms with Crippen LogP contribution < -0.4 is 5.56 Å². The van der Waals surface area contributed by atoms with Gasteiger partial charge in [-0.1, -0.05) is 18.2 Å². The summed E-state index contributed by atoms with van der Waals surface area (Å²) in [5.41, 5.74) is 7.41. The van der Waals surface area contributed by atoms with Crippen LogP contribution in [0.2, 0.25) is 0 Å². The van der Waals surface area contributed by atoms with Crippen LogP contribution in [0, 0.1) is 6.92 Å². The highest BCUT2D eigenvalue weighted by Crippen LogP contribution is 2.31. The Labute approximate surface area is 158 Å². The van der Waals surface area contributed by atoms with Gasteiger partial charge in [0.2, 0.25) is 0 Å². The highest BCUT2D eigenvalue weighted by atomic mass is 16.1. The van der Waals surface area contributed by atoms with Crippen molar-refractivity contribution >= 4 is 5.78 Å². The minimum absolute atomic E-state index is 0.0241. The largest absolute Gasteiger partial charge is 0.318 e. The molecule has 3 aromatic rings. The van der Waals surface area contributed by atoms with E-state index in [1.807, 2.05) is 37.4 Å². The van der Waals surface area contributed by atoms with Crippen LogP contribution in [0.15, 0.2) is 53.6 Å². The Bertz CT molecular complexity index is 1060. The molecule has 0 fully saturated rings. The summed E-state index contributed by atoms with van der Waals surface area (Å²) in [6.07, 6.45) is 6.27. The van der Waals surface area contributed by atoms with E-state index in [9.17, 15) is 9.59 Å². The van der Waals surface area contributed by atoms with Gasteiger partial charge in [0.1, 0.15) is 5.78 Å². The minimum atomic E-state index is 0.0241. The molecular weight excluding hydrogens is 336 g/mol. The summed E-state index contributed by atoms with van der Waals surface area (Å²) in [6, 6.07) is 12.2. The van der Waals surface area contributed by atoms with Gasteiger partial charge >= 0.3 is 0 Å². The Kier molecular flexibility index (Phi) is 4.48. The smallest absolute Gasteiger partial charge is 0.253 e. The van der Waals surface area contributed by atoms with Crippen molar-refractivity contribution in [2.24, 2.45) is 7.05 Å². The molecule has 1 aliphatic carbocycles. The third-order valence-corrected chi connectivity index (χ3v) is 5.28. The zero-order valence-corrected chi connectivity index (χ0v) is 15.7. The first-order valence-electron chi connectivity index (χ1n) is 9.25. The van der Waals surface area contributed by atoms with Crippen molar-refractivity contribution in [2.75, 3.05) is 0 Å². The second-order valence-electron chi connectivity index (χ2n) is 7.31. The molecule has 0 aliphatic heterocycles. The lowest BCUT2D eigenvalue weighted by atomic mass is 9.83. The molecule has 136 valence electrons. The van der Waals surface area contributed by atoms with E-state index >= 15 is 0 Å². The first-order chi connectivity index (χ1) is 13.0. The monoisotopic (exact) mass is 358 g/mol. The Balaban J connectivity index is 1.85. The van der Waals surface area contributed by atoms with Crippen molar-refractivity contribution in [2.45, 2.75) is 32.6 Å². The van der Waals surface area contributed by atoms with Gasteiger partial charge in [-0.2, -0.15) is 0 Å². The van der Waals surface area contributed by atoms with Crippen molar-refractivity contribution in [3.8, 4) is 11.1 Å². The van der Waals surface area contributed by atoms with Crippen molar-refractivity contribution in [1.82, 2.24) is 9.55 Å². The molecule has 0 amide bonds. The maximum Gasteiger partial charge on any atom is 0.253 e. The molecule has 0 bridgehead atoms. The van der Waals surface area contributed by atoms with E-state index in [4.69, 9.17) is 0 Å². The number of ketones is 1. The summed E-state index contributed by atoms with van der Waals surface area (Å²) < 4.78 is 1.63. The molecule has 4 rings (SSSR count). The van der Waals surface area contributed by atoms with Gasteiger partial charge in [-0.3, -0.25) is 14.6 Å². The average Bonchev–Trinajstić information content (AvgIpc) is 2.66. The van der Waals surface area contributed by atoms with Crippen molar-refractivity contribution in [3.63, 3.8) is 0 Å². The number of carbonyl (C=O) groups is 1. The molecule has 1 aromatic carbocycles. The SMILES string of the molecule is Cc1cc(-c2cc3c(c(Cc4ccccn4)c2)CC(=O)CC3)cn(C)c1=O. The van der Waals surface area contributed by atoms with E-state index in [1.165, 1.54) is 5.56 Å². The summed E-state index contributed by atoms with van der Waals surface area (Å²) in [5.74, 6) is 0.301. The summed E-state index contributed by atoms with van der Waals surface area (Å²) in [6.45, 7) is 1.84. The standard InChI is InChI=1S/C23H22N2O2/c1-15-9-19(14-25(2)23(15)27)17-10-16-6-7-21(26)13-22(16)18(11-17)12-20-5-3-4-8-24-20/h3-5,8-11,14H,6-7,12-13H2,1-2H3. The average molecular weight is 358 g/mol. The van der Waals surface area contributed by atoms with E-state index in [2.05, 4.69) is 17.1 Å². The number of Topliss-reactive ketones (excluding diaryl/α,β-unsaturated/α-hetero) is 1. The minimum Gasteiger partial charge on any atom is -0.318 e. The quantitative estimate of drug-likeness (QED) is 0.721.